The Balaban J connectivity index is 2.37. The second-order valence-electron chi connectivity index (χ2n) is 3.45. The molecule has 0 radical (unpaired) electrons. The summed E-state index contributed by atoms with van der Waals surface area (Å²) in [7, 11) is 3.97. The molecule has 0 spiro atoms. The number of rotatable bonds is 5. The first kappa shape index (κ1) is 12.4. The van der Waals surface area contributed by atoms with E-state index >= 15 is 0 Å². The summed E-state index contributed by atoms with van der Waals surface area (Å²) >= 11 is 3.13. The van der Waals surface area contributed by atoms with Crippen LogP contribution in [0, 0.1) is 5.82 Å². The third-order valence-electron chi connectivity index (χ3n) is 1.76. The van der Waals surface area contributed by atoms with Crippen LogP contribution in [0.25, 0.3) is 0 Å². The average Bonchev–Trinajstić information content (AvgIpc) is 2.14. The van der Waals surface area contributed by atoms with Gasteiger partial charge >= 0.3 is 0 Å². The van der Waals surface area contributed by atoms with Gasteiger partial charge in [-0.05, 0) is 42.5 Å². The van der Waals surface area contributed by atoms with Crippen molar-refractivity contribution in [1.29, 1.82) is 0 Å². The topological polar surface area (TPSA) is 25.4 Å². The highest BCUT2D eigenvalue weighted by molar-refractivity contribution is 9.10. The lowest BCUT2D eigenvalue weighted by molar-refractivity contribution is 0.261. The van der Waals surface area contributed by atoms with Crippen LogP contribution in [0.1, 0.15) is 6.42 Å². The van der Waals surface area contributed by atoms with Gasteiger partial charge in [-0.25, -0.2) is 9.37 Å². The molecule has 0 bridgehead atoms. The maximum atomic E-state index is 13.2. The van der Waals surface area contributed by atoms with Crippen LogP contribution in [0.3, 0.4) is 0 Å². The molecule has 0 aromatic carbocycles. The number of pyridine rings is 1. The molecule has 1 aromatic rings. The standard InChI is InChI=1S/C10H14BrFN2O/c1-14(2)4-3-5-15-10-9(12)6-8(11)7-13-10/h6-7H,3-5H2,1-2H3. The smallest absolute Gasteiger partial charge is 0.250 e. The van der Waals surface area contributed by atoms with E-state index in [0.29, 0.717) is 11.1 Å². The van der Waals surface area contributed by atoms with Gasteiger partial charge in [-0.2, -0.15) is 0 Å². The Bertz CT molecular complexity index is 320. The Morgan fingerprint density at radius 3 is 2.87 bits per heavy atom. The lowest BCUT2D eigenvalue weighted by Crippen LogP contribution is -2.15. The Kier molecular flexibility index (Phi) is 4.98. The van der Waals surface area contributed by atoms with E-state index in [9.17, 15) is 4.39 Å². The number of halogens is 2. The van der Waals surface area contributed by atoms with E-state index in [1.54, 1.807) is 0 Å². The summed E-state index contributed by atoms with van der Waals surface area (Å²) in [4.78, 5) is 5.89. The minimum atomic E-state index is -0.436. The molecule has 84 valence electrons. The van der Waals surface area contributed by atoms with Crippen LogP contribution in [0.5, 0.6) is 5.88 Å². The Morgan fingerprint density at radius 1 is 1.53 bits per heavy atom. The van der Waals surface area contributed by atoms with Gasteiger partial charge in [0.1, 0.15) is 0 Å². The molecule has 0 atom stereocenters. The van der Waals surface area contributed by atoms with Crippen molar-refractivity contribution >= 4 is 15.9 Å². The molecule has 0 saturated heterocycles. The second kappa shape index (κ2) is 6.02. The Morgan fingerprint density at radius 2 is 2.27 bits per heavy atom. The summed E-state index contributed by atoms with van der Waals surface area (Å²) < 4.78 is 19.0. The fraction of sp³-hybridized carbons (Fsp3) is 0.500. The van der Waals surface area contributed by atoms with Crippen LogP contribution in [0.4, 0.5) is 4.39 Å². The molecule has 0 aliphatic carbocycles. The molecule has 1 heterocycles. The number of hydrogen-bond donors (Lipinski definition) is 0. The van der Waals surface area contributed by atoms with Gasteiger partial charge in [0.05, 0.1) is 6.61 Å². The van der Waals surface area contributed by atoms with Crippen molar-refractivity contribution in [3.05, 3.63) is 22.6 Å². The highest BCUT2D eigenvalue weighted by Crippen LogP contribution is 2.17. The third kappa shape index (κ3) is 4.57. The van der Waals surface area contributed by atoms with Gasteiger partial charge in [-0.1, -0.05) is 0 Å². The van der Waals surface area contributed by atoms with E-state index in [2.05, 4.69) is 25.8 Å². The fourth-order valence-electron chi connectivity index (χ4n) is 1.06. The highest BCUT2D eigenvalue weighted by Gasteiger charge is 2.05. The molecule has 5 heteroatoms. The molecular weight excluding hydrogens is 263 g/mol. The lowest BCUT2D eigenvalue weighted by atomic mass is 10.4. The van der Waals surface area contributed by atoms with Crippen molar-refractivity contribution in [1.82, 2.24) is 9.88 Å². The second-order valence-corrected chi connectivity index (χ2v) is 4.36. The van der Waals surface area contributed by atoms with Gasteiger partial charge in [-0.3, -0.25) is 0 Å². The van der Waals surface area contributed by atoms with Gasteiger partial charge in [0.2, 0.25) is 5.88 Å². The molecule has 0 aliphatic rings. The number of ether oxygens (including phenoxy) is 1. The van der Waals surface area contributed by atoms with E-state index in [1.165, 1.54) is 12.3 Å². The van der Waals surface area contributed by atoms with Crippen LogP contribution in [-0.4, -0.2) is 37.1 Å². The monoisotopic (exact) mass is 276 g/mol. The summed E-state index contributed by atoms with van der Waals surface area (Å²) in [5.74, 6) is -0.369. The van der Waals surface area contributed by atoms with Gasteiger partial charge < -0.3 is 9.64 Å². The third-order valence-corrected chi connectivity index (χ3v) is 2.20. The van der Waals surface area contributed by atoms with Crippen LogP contribution < -0.4 is 4.74 Å². The summed E-state index contributed by atoms with van der Waals surface area (Å²) in [6.45, 7) is 1.39. The zero-order valence-electron chi connectivity index (χ0n) is 8.83. The molecule has 0 unspecified atom stereocenters. The van der Waals surface area contributed by atoms with Gasteiger partial charge in [0.25, 0.3) is 0 Å². The SMILES string of the molecule is CN(C)CCCOc1ncc(Br)cc1F. The van der Waals surface area contributed by atoms with E-state index < -0.39 is 5.82 Å². The predicted octanol–water partition coefficient (Wildman–Crippen LogP) is 2.31. The van der Waals surface area contributed by atoms with Gasteiger partial charge in [0, 0.05) is 17.2 Å². The van der Waals surface area contributed by atoms with Gasteiger partial charge in [0.15, 0.2) is 5.82 Å². The van der Waals surface area contributed by atoms with Crippen LogP contribution >= 0.6 is 15.9 Å². The number of nitrogens with zero attached hydrogens (tertiary/aromatic N) is 2. The van der Waals surface area contributed by atoms with Crippen molar-refractivity contribution in [3.63, 3.8) is 0 Å². The summed E-state index contributed by atoms with van der Waals surface area (Å²) in [6, 6.07) is 1.34. The van der Waals surface area contributed by atoms with E-state index in [1.807, 2.05) is 14.1 Å². The molecule has 0 fully saturated rings. The minimum Gasteiger partial charge on any atom is -0.476 e. The molecule has 1 rings (SSSR count). The van der Waals surface area contributed by atoms with Crippen molar-refractivity contribution in [2.45, 2.75) is 6.42 Å². The Hall–Kier alpha value is -0.680. The quantitative estimate of drug-likeness (QED) is 0.772. The molecule has 0 N–H and O–H groups in total. The predicted molar refractivity (Wildman–Crippen MR) is 60.6 cm³/mol. The summed E-state index contributed by atoms with van der Waals surface area (Å²) in [5, 5.41) is 0. The normalized spacial score (nSPS) is 10.7. The minimum absolute atomic E-state index is 0.0666. The van der Waals surface area contributed by atoms with E-state index in [4.69, 9.17) is 4.74 Å². The first-order chi connectivity index (χ1) is 7.09. The largest absolute Gasteiger partial charge is 0.476 e. The van der Waals surface area contributed by atoms with E-state index in [-0.39, 0.29) is 5.88 Å². The molecule has 1 aromatic heterocycles. The maximum absolute atomic E-state index is 13.2. The van der Waals surface area contributed by atoms with Crippen molar-refractivity contribution in [2.24, 2.45) is 0 Å². The molecule has 0 saturated carbocycles. The summed E-state index contributed by atoms with van der Waals surface area (Å²) in [6.07, 6.45) is 2.37. The average molecular weight is 277 g/mol. The summed E-state index contributed by atoms with van der Waals surface area (Å²) in [5.41, 5.74) is 0. The van der Waals surface area contributed by atoms with Crippen molar-refractivity contribution in [3.8, 4) is 5.88 Å². The van der Waals surface area contributed by atoms with Crippen molar-refractivity contribution in [2.75, 3.05) is 27.2 Å². The lowest BCUT2D eigenvalue weighted by Gasteiger charge is -2.10. The van der Waals surface area contributed by atoms with E-state index in [0.717, 1.165) is 13.0 Å². The molecular formula is C10H14BrFN2O. The zero-order valence-corrected chi connectivity index (χ0v) is 10.4. The maximum Gasteiger partial charge on any atom is 0.250 e. The van der Waals surface area contributed by atoms with Crippen LogP contribution in [-0.2, 0) is 0 Å². The number of hydrogen-bond acceptors (Lipinski definition) is 3. The first-order valence-corrected chi connectivity index (χ1v) is 5.47. The molecule has 3 nitrogen and oxygen atoms in total. The van der Waals surface area contributed by atoms with Crippen molar-refractivity contribution < 1.29 is 9.13 Å². The molecule has 0 amide bonds. The fourth-order valence-corrected chi connectivity index (χ4v) is 1.36. The van der Waals surface area contributed by atoms with Crippen LogP contribution in [0.2, 0.25) is 0 Å². The van der Waals surface area contributed by atoms with Crippen LogP contribution in [0.15, 0.2) is 16.7 Å². The Labute approximate surface area is 97.4 Å². The van der Waals surface area contributed by atoms with Gasteiger partial charge in [-0.15, -0.1) is 0 Å². The molecule has 15 heavy (non-hydrogen) atoms. The first-order valence-electron chi connectivity index (χ1n) is 4.68. The molecule has 0 aliphatic heterocycles. The number of aromatic nitrogens is 1. The highest BCUT2D eigenvalue weighted by atomic mass is 79.9. The zero-order chi connectivity index (χ0) is 11.3.